The highest BCUT2D eigenvalue weighted by Crippen LogP contribution is 2.30. The minimum Gasteiger partial charge on any atom is -0.390 e. The molecule has 0 saturated heterocycles. The van der Waals surface area contributed by atoms with Crippen LogP contribution < -0.4 is 10.9 Å². The van der Waals surface area contributed by atoms with Gasteiger partial charge in [-0.2, -0.15) is 18.3 Å². The standard InChI is InChI=1S/C19H19F3N6O2/c1-10(11-3-5-13(6-4-11)19(20,21)22)25-17-15(14(23)9-29)18(30)27-16(26-17)12-7-24-28(2)8-12/h3-8,10,23,29H,9H2,1-2H3,(H2,25,26,27,30). The first kappa shape index (κ1) is 21.2. The van der Waals surface area contributed by atoms with E-state index in [1.54, 1.807) is 20.2 Å². The van der Waals surface area contributed by atoms with E-state index in [1.807, 2.05) is 0 Å². The molecule has 0 aliphatic rings. The predicted octanol–water partition coefficient (Wildman–Crippen LogP) is 2.72. The molecule has 0 amide bonds. The third-order valence-electron chi connectivity index (χ3n) is 4.45. The van der Waals surface area contributed by atoms with Gasteiger partial charge in [0.15, 0.2) is 0 Å². The average molecular weight is 420 g/mol. The van der Waals surface area contributed by atoms with Crippen LogP contribution in [0.4, 0.5) is 19.0 Å². The second-order valence-electron chi connectivity index (χ2n) is 6.66. The van der Waals surface area contributed by atoms with Crippen molar-refractivity contribution in [3.63, 3.8) is 0 Å². The molecule has 0 aliphatic heterocycles. The maximum Gasteiger partial charge on any atom is 0.416 e. The molecule has 30 heavy (non-hydrogen) atoms. The SMILES string of the molecule is CC(Nc1nc(-c2cnn(C)c2)[nH]c(=O)c1C(=N)CO)c1ccc(C(F)(F)F)cc1. The zero-order valence-corrected chi connectivity index (χ0v) is 16.1. The van der Waals surface area contributed by atoms with Gasteiger partial charge in [-0.1, -0.05) is 12.1 Å². The summed E-state index contributed by atoms with van der Waals surface area (Å²) < 4.78 is 39.9. The number of aliphatic hydroxyl groups excluding tert-OH is 1. The summed E-state index contributed by atoms with van der Waals surface area (Å²) in [5, 5.41) is 24.2. The Bertz CT molecular complexity index is 1120. The molecule has 0 spiro atoms. The zero-order chi connectivity index (χ0) is 22.1. The molecule has 3 rings (SSSR count). The molecule has 2 aromatic heterocycles. The number of rotatable bonds is 6. The van der Waals surface area contributed by atoms with E-state index in [0.29, 0.717) is 11.1 Å². The smallest absolute Gasteiger partial charge is 0.390 e. The highest BCUT2D eigenvalue weighted by atomic mass is 19.4. The Hall–Kier alpha value is -3.47. The lowest BCUT2D eigenvalue weighted by Crippen LogP contribution is -2.25. The summed E-state index contributed by atoms with van der Waals surface area (Å²) in [6.07, 6.45) is -1.30. The second-order valence-corrected chi connectivity index (χ2v) is 6.66. The van der Waals surface area contributed by atoms with Crippen molar-refractivity contribution < 1.29 is 18.3 Å². The summed E-state index contributed by atoms with van der Waals surface area (Å²) in [5.74, 6) is 0.230. The van der Waals surface area contributed by atoms with Crippen LogP contribution in [0.2, 0.25) is 0 Å². The molecule has 0 radical (unpaired) electrons. The normalized spacial score (nSPS) is 12.6. The number of aliphatic hydroxyl groups is 1. The van der Waals surface area contributed by atoms with Crippen LogP contribution in [-0.4, -0.2) is 37.2 Å². The molecule has 0 bridgehead atoms. The van der Waals surface area contributed by atoms with Gasteiger partial charge in [-0.25, -0.2) is 4.98 Å². The minimum absolute atomic E-state index is 0.0315. The lowest BCUT2D eigenvalue weighted by atomic mass is 10.1. The van der Waals surface area contributed by atoms with Crippen molar-refractivity contribution >= 4 is 11.5 Å². The van der Waals surface area contributed by atoms with Crippen molar-refractivity contribution in [3.05, 3.63) is 63.7 Å². The van der Waals surface area contributed by atoms with Gasteiger partial charge < -0.3 is 20.8 Å². The van der Waals surface area contributed by atoms with Gasteiger partial charge in [0, 0.05) is 19.3 Å². The fourth-order valence-corrected chi connectivity index (χ4v) is 2.87. The number of aromatic amines is 1. The number of hydrogen-bond donors (Lipinski definition) is 4. The molecule has 1 unspecified atom stereocenters. The Kier molecular flexibility index (Phi) is 5.74. The fraction of sp³-hybridized carbons (Fsp3) is 0.263. The summed E-state index contributed by atoms with van der Waals surface area (Å²) in [5.41, 5.74) is -0.844. The van der Waals surface area contributed by atoms with Gasteiger partial charge in [-0.05, 0) is 24.6 Å². The number of anilines is 1. The number of hydrogen-bond acceptors (Lipinski definition) is 6. The maximum absolute atomic E-state index is 12.8. The van der Waals surface area contributed by atoms with Crippen molar-refractivity contribution in [2.45, 2.75) is 19.1 Å². The van der Waals surface area contributed by atoms with Gasteiger partial charge in [-0.15, -0.1) is 0 Å². The van der Waals surface area contributed by atoms with Crippen LogP contribution in [-0.2, 0) is 13.2 Å². The molecule has 4 N–H and O–H groups in total. The molecule has 1 atom stereocenters. The maximum atomic E-state index is 12.8. The highest BCUT2D eigenvalue weighted by Gasteiger charge is 2.30. The lowest BCUT2D eigenvalue weighted by Gasteiger charge is -2.18. The van der Waals surface area contributed by atoms with Crippen molar-refractivity contribution in [2.75, 3.05) is 11.9 Å². The number of H-pyrrole nitrogens is 1. The molecule has 8 nitrogen and oxygen atoms in total. The van der Waals surface area contributed by atoms with E-state index in [9.17, 15) is 23.1 Å². The van der Waals surface area contributed by atoms with Crippen molar-refractivity contribution in [3.8, 4) is 11.4 Å². The Morgan fingerprint density at radius 3 is 2.53 bits per heavy atom. The minimum atomic E-state index is -4.44. The number of aromatic nitrogens is 4. The van der Waals surface area contributed by atoms with Gasteiger partial charge in [0.2, 0.25) is 0 Å². The molecule has 1 aromatic carbocycles. The van der Waals surface area contributed by atoms with Crippen LogP contribution in [0.5, 0.6) is 0 Å². The number of aryl methyl sites for hydroxylation is 1. The van der Waals surface area contributed by atoms with E-state index in [-0.39, 0.29) is 22.9 Å². The average Bonchev–Trinajstić information content (AvgIpc) is 3.13. The lowest BCUT2D eigenvalue weighted by molar-refractivity contribution is -0.137. The van der Waals surface area contributed by atoms with E-state index < -0.39 is 29.9 Å². The number of nitrogens with zero attached hydrogens (tertiary/aromatic N) is 3. The molecule has 0 aliphatic carbocycles. The number of halogens is 3. The Labute approximate surface area is 168 Å². The van der Waals surface area contributed by atoms with E-state index in [2.05, 4.69) is 20.4 Å². The van der Waals surface area contributed by atoms with Crippen molar-refractivity contribution in [1.82, 2.24) is 19.7 Å². The van der Waals surface area contributed by atoms with Crippen molar-refractivity contribution in [2.24, 2.45) is 7.05 Å². The second kappa shape index (κ2) is 8.11. The van der Waals surface area contributed by atoms with Gasteiger partial charge in [0.25, 0.3) is 5.56 Å². The van der Waals surface area contributed by atoms with Gasteiger partial charge >= 0.3 is 6.18 Å². The molecular weight excluding hydrogens is 401 g/mol. The number of benzene rings is 1. The van der Waals surface area contributed by atoms with Crippen LogP contribution in [0.3, 0.4) is 0 Å². The van der Waals surface area contributed by atoms with E-state index in [1.165, 1.54) is 23.0 Å². The van der Waals surface area contributed by atoms with Crippen LogP contribution >= 0.6 is 0 Å². The Morgan fingerprint density at radius 1 is 1.33 bits per heavy atom. The highest BCUT2D eigenvalue weighted by molar-refractivity contribution is 6.02. The predicted molar refractivity (Wildman–Crippen MR) is 104 cm³/mol. The molecule has 2 heterocycles. The summed E-state index contributed by atoms with van der Waals surface area (Å²) in [6.45, 7) is 1.00. The first-order chi connectivity index (χ1) is 14.1. The molecule has 158 valence electrons. The molecular formula is C19H19F3N6O2. The fourth-order valence-electron chi connectivity index (χ4n) is 2.87. The van der Waals surface area contributed by atoms with E-state index in [4.69, 9.17) is 5.41 Å². The summed E-state index contributed by atoms with van der Waals surface area (Å²) in [6, 6.07) is 4.06. The van der Waals surface area contributed by atoms with Gasteiger partial charge in [0.05, 0.1) is 29.6 Å². The van der Waals surface area contributed by atoms with Crippen molar-refractivity contribution in [1.29, 1.82) is 5.41 Å². The zero-order valence-electron chi connectivity index (χ0n) is 16.1. The summed E-state index contributed by atoms with van der Waals surface area (Å²) >= 11 is 0. The Balaban J connectivity index is 1.99. The van der Waals surface area contributed by atoms with Gasteiger partial charge in [0.1, 0.15) is 17.2 Å². The molecule has 11 heteroatoms. The molecule has 3 aromatic rings. The molecule has 0 fully saturated rings. The van der Waals surface area contributed by atoms with Crippen LogP contribution in [0.25, 0.3) is 11.4 Å². The van der Waals surface area contributed by atoms with E-state index >= 15 is 0 Å². The third kappa shape index (κ3) is 4.40. The van der Waals surface area contributed by atoms with Crippen LogP contribution in [0, 0.1) is 5.41 Å². The first-order valence-electron chi connectivity index (χ1n) is 8.86. The Morgan fingerprint density at radius 2 is 2.00 bits per heavy atom. The molecule has 0 saturated carbocycles. The number of alkyl halides is 3. The van der Waals surface area contributed by atoms with Gasteiger partial charge in [-0.3, -0.25) is 9.48 Å². The van der Waals surface area contributed by atoms with Crippen LogP contribution in [0.1, 0.15) is 29.7 Å². The topological polar surface area (TPSA) is 120 Å². The van der Waals surface area contributed by atoms with Crippen LogP contribution in [0.15, 0.2) is 41.5 Å². The third-order valence-corrected chi connectivity index (χ3v) is 4.45. The first-order valence-corrected chi connectivity index (χ1v) is 8.86. The summed E-state index contributed by atoms with van der Waals surface area (Å²) in [4.78, 5) is 19.5. The monoisotopic (exact) mass is 420 g/mol. The number of nitrogens with one attached hydrogen (secondary N) is 3. The largest absolute Gasteiger partial charge is 0.416 e. The summed E-state index contributed by atoms with van der Waals surface area (Å²) in [7, 11) is 1.70. The van der Waals surface area contributed by atoms with E-state index in [0.717, 1.165) is 12.1 Å². The quantitative estimate of drug-likeness (QED) is 0.457.